The summed E-state index contributed by atoms with van der Waals surface area (Å²) in [5.74, 6) is -0.660. The second kappa shape index (κ2) is 21.6. The van der Waals surface area contributed by atoms with Gasteiger partial charge in [0.2, 0.25) is 0 Å². The molecule has 1 N–H and O–H groups in total. The third kappa shape index (κ3) is 13.2. The molecule has 0 atom stereocenters. The highest BCUT2D eigenvalue weighted by molar-refractivity contribution is 5.94. The zero-order valence-electron chi connectivity index (χ0n) is 31.2. The Morgan fingerprint density at radius 3 is 1.81 bits per heavy atom. The van der Waals surface area contributed by atoms with Gasteiger partial charge in [0.15, 0.2) is 0 Å². The predicted octanol–water partition coefficient (Wildman–Crippen LogP) is 7.90. The van der Waals surface area contributed by atoms with Crippen molar-refractivity contribution in [3.05, 3.63) is 157 Å². The number of nitrogens with one attached hydrogen (secondary N) is 1. The first kappa shape index (κ1) is 41.0. The van der Waals surface area contributed by atoms with Gasteiger partial charge in [-0.15, -0.1) is 0 Å². The van der Waals surface area contributed by atoms with Crippen molar-refractivity contribution in [2.75, 3.05) is 38.5 Å². The van der Waals surface area contributed by atoms with Crippen LogP contribution < -0.4 is 19.6 Å². The summed E-state index contributed by atoms with van der Waals surface area (Å²) in [4.78, 5) is 48.3. The molecule has 0 spiro atoms. The molecular weight excluding hydrogens is 728 g/mol. The maximum atomic E-state index is 13.2. The van der Waals surface area contributed by atoms with E-state index in [1.54, 1.807) is 66.9 Å². The zero-order chi connectivity index (χ0) is 40.2. The highest BCUT2D eigenvalue weighted by Gasteiger charge is 2.14. The van der Waals surface area contributed by atoms with E-state index in [0.29, 0.717) is 60.7 Å². The van der Waals surface area contributed by atoms with E-state index in [1.807, 2.05) is 48.5 Å². The summed E-state index contributed by atoms with van der Waals surface area (Å²) < 4.78 is 32.5. The average molecular weight is 771 g/mol. The number of rotatable bonds is 21. The van der Waals surface area contributed by atoms with E-state index in [-0.39, 0.29) is 25.6 Å². The molecule has 0 saturated heterocycles. The van der Waals surface area contributed by atoms with Gasteiger partial charge < -0.3 is 28.4 Å². The fourth-order valence-electron chi connectivity index (χ4n) is 5.22. The van der Waals surface area contributed by atoms with Gasteiger partial charge in [-0.3, -0.25) is 5.43 Å². The Kier molecular flexibility index (Phi) is 15.5. The van der Waals surface area contributed by atoms with Crippen molar-refractivity contribution in [1.82, 2.24) is 0 Å². The van der Waals surface area contributed by atoms with Crippen LogP contribution in [0.3, 0.4) is 0 Å². The minimum absolute atomic E-state index is 0.0972. The number of fused-ring (bicyclic) bond motifs is 1. The molecule has 0 aliphatic rings. The van der Waals surface area contributed by atoms with E-state index in [4.69, 9.17) is 28.4 Å². The quantitative estimate of drug-likeness (QED) is 0.0148. The third-order valence-electron chi connectivity index (χ3n) is 8.16. The Labute approximate surface area is 330 Å². The predicted molar refractivity (Wildman–Crippen MR) is 216 cm³/mol. The average Bonchev–Trinajstić information content (AvgIpc) is 3.24. The lowest BCUT2D eigenvalue weighted by atomic mass is 10.1. The minimum Gasteiger partial charge on any atom is -0.493 e. The van der Waals surface area contributed by atoms with Crippen LogP contribution in [0.25, 0.3) is 10.8 Å². The minimum atomic E-state index is -0.581. The largest absolute Gasteiger partial charge is 0.493 e. The van der Waals surface area contributed by atoms with Crippen LogP contribution in [0.1, 0.15) is 44.7 Å². The number of anilines is 1. The normalized spacial score (nSPS) is 10.7. The van der Waals surface area contributed by atoms with Gasteiger partial charge in [-0.2, -0.15) is 5.10 Å². The van der Waals surface area contributed by atoms with Gasteiger partial charge in [0.1, 0.15) is 17.2 Å². The van der Waals surface area contributed by atoms with Crippen molar-refractivity contribution in [2.45, 2.75) is 19.3 Å². The van der Waals surface area contributed by atoms with Gasteiger partial charge in [-0.05, 0) is 89.1 Å². The first-order chi connectivity index (χ1) is 27.8. The first-order valence-electron chi connectivity index (χ1n) is 18.2. The monoisotopic (exact) mass is 770 g/mol. The number of hydrazone groups is 1. The maximum Gasteiger partial charge on any atom is 0.343 e. The number of esters is 4. The lowest BCUT2D eigenvalue weighted by molar-refractivity contribution is -0.138. The SMILES string of the molecule is C=CC(=O)OCCCOc1ccc(C(=O)OCCc2ccc(OC(=O)c3ccc(OCCCOC(=O)C=C)cc3)c(/C=N/Nc3ccc4ccccc4c3)c2)cc1. The molecule has 0 aliphatic heterocycles. The molecule has 0 unspecified atom stereocenters. The number of hydrogen-bond donors (Lipinski definition) is 1. The summed E-state index contributed by atoms with van der Waals surface area (Å²) in [6.45, 7) is 7.88. The number of carbonyl (C=O) groups is 4. The van der Waals surface area contributed by atoms with E-state index in [0.717, 1.165) is 34.2 Å². The highest BCUT2D eigenvalue weighted by Crippen LogP contribution is 2.23. The molecule has 0 heterocycles. The Morgan fingerprint density at radius 1 is 0.596 bits per heavy atom. The van der Waals surface area contributed by atoms with Crippen molar-refractivity contribution in [1.29, 1.82) is 0 Å². The van der Waals surface area contributed by atoms with Crippen molar-refractivity contribution in [3.63, 3.8) is 0 Å². The van der Waals surface area contributed by atoms with Gasteiger partial charge in [0.05, 0.1) is 56.1 Å². The molecule has 0 amide bonds. The molecule has 57 heavy (non-hydrogen) atoms. The van der Waals surface area contributed by atoms with Crippen molar-refractivity contribution in [3.8, 4) is 17.2 Å². The molecule has 0 bridgehead atoms. The third-order valence-corrected chi connectivity index (χ3v) is 8.16. The van der Waals surface area contributed by atoms with E-state index in [1.165, 1.54) is 0 Å². The van der Waals surface area contributed by atoms with Crippen LogP contribution in [-0.4, -0.2) is 63.1 Å². The highest BCUT2D eigenvalue weighted by atomic mass is 16.5. The lowest BCUT2D eigenvalue weighted by Crippen LogP contribution is -2.11. The topological polar surface area (TPSA) is 148 Å². The Balaban J connectivity index is 1.19. The van der Waals surface area contributed by atoms with Crippen LogP contribution in [0.5, 0.6) is 17.2 Å². The van der Waals surface area contributed by atoms with Crippen LogP contribution >= 0.6 is 0 Å². The Hall–Kier alpha value is -7.21. The van der Waals surface area contributed by atoms with Crippen LogP contribution in [0, 0.1) is 0 Å². The number of nitrogens with zero attached hydrogens (tertiary/aromatic N) is 1. The Morgan fingerprint density at radius 2 is 1.19 bits per heavy atom. The summed E-state index contributed by atoms with van der Waals surface area (Å²) in [5, 5.41) is 6.58. The number of benzene rings is 5. The van der Waals surface area contributed by atoms with Crippen molar-refractivity contribution >= 4 is 46.6 Å². The van der Waals surface area contributed by atoms with Crippen LogP contribution in [0.4, 0.5) is 5.69 Å². The molecule has 0 aliphatic carbocycles. The van der Waals surface area contributed by atoms with E-state index in [9.17, 15) is 19.2 Å². The summed E-state index contributed by atoms with van der Waals surface area (Å²) >= 11 is 0. The fraction of sp³-hybridized carbons (Fsp3) is 0.178. The molecule has 0 fully saturated rings. The molecular formula is C45H42N2O10. The second-order valence-corrected chi connectivity index (χ2v) is 12.3. The van der Waals surface area contributed by atoms with Crippen molar-refractivity contribution < 1.29 is 47.6 Å². The second-order valence-electron chi connectivity index (χ2n) is 12.3. The summed E-state index contributed by atoms with van der Waals surface area (Å²) in [7, 11) is 0. The Bertz CT molecular complexity index is 2200. The number of carbonyl (C=O) groups excluding carboxylic acids is 4. The molecule has 5 rings (SSSR count). The molecule has 292 valence electrons. The van der Waals surface area contributed by atoms with Crippen LogP contribution in [0.15, 0.2) is 140 Å². The van der Waals surface area contributed by atoms with E-state index < -0.39 is 23.9 Å². The van der Waals surface area contributed by atoms with Crippen molar-refractivity contribution in [2.24, 2.45) is 5.10 Å². The molecule has 0 radical (unpaired) electrons. The lowest BCUT2D eigenvalue weighted by Gasteiger charge is -2.11. The first-order valence-corrected chi connectivity index (χ1v) is 18.2. The van der Waals surface area contributed by atoms with Gasteiger partial charge >= 0.3 is 23.9 Å². The summed E-state index contributed by atoms with van der Waals surface area (Å²) in [6, 6.07) is 32.2. The van der Waals surface area contributed by atoms with Gasteiger partial charge in [0.25, 0.3) is 0 Å². The van der Waals surface area contributed by atoms with Gasteiger partial charge in [-0.1, -0.05) is 49.6 Å². The van der Waals surface area contributed by atoms with Crippen LogP contribution in [-0.2, 0) is 30.2 Å². The molecule has 0 saturated carbocycles. The van der Waals surface area contributed by atoms with Crippen LogP contribution in [0.2, 0.25) is 0 Å². The zero-order valence-corrected chi connectivity index (χ0v) is 31.2. The summed E-state index contributed by atoms with van der Waals surface area (Å²) in [6.07, 6.45) is 5.15. The molecule has 12 heteroatoms. The molecule has 5 aromatic rings. The van der Waals surface area contributed by atoms with Gasteiger partial charge in [0, 0.05) is 37.0 Å². The smallest absolute Gasteiger partial charge is 0.343 e. The van der Waals surface area contributed by atoms with E-state index in [2.05, 4.69) is 23.7 Å². The maximum absolute atomic E-state index is 13.2. The molecule has 0 aromatic heterocycles. The summed E-state index contributed by atoms with van der Waals surface area (Å²) in [5.41, 5.74) is 5.83. The van der Waals surface area contributed by atoms with Gasteiger partial charge in [-0.25, -0.2) is 19.2 Å². The molecule has 12 nitrogen and oxygen atoms in total. The number of ether oxygens (including phenoxy) is 6. The molecule has 5 aromatic carbocycles. The number of hydrogen-bond acceptors (Lipinski definition) is 12. The fourth-order valence-corrected chi connectivity index (χ4v) is 5.22. The van der Waals surface area contributed by atoms with E-state index >= 15 is 0 Å². The standard InChI is InChI=1S/C45H42N2O10/c1-3-42(48)54-26-7-24-52-39-18-13-34(14-19-39)44(50)56-28-23-32-11-22-41(37(29-32)31-46-47-38-17-12-33-9-5-6-10-36(33)30-38)57-45(51)35-15-20-40(21-16-35)53-25-8-27-55-43(49)4-2/h3-6,9-22,29-31,47H,1-2,7-8,23-28H2/b46-31+.